The summed E-state index contributed by atoms with van der Waals surface area (Å²) in [5.41, 5.74) is 6.77. The fourth-order valence-corrected chi connectivity index (χ4v) is 5.58. The number of nitrogens with zero attached hydrogens (tertiary/aromatic N) is 2. The smallest absolute Gasteiger partial charge is 0.307 e. The van der Waals surface area contributed by atoms with Crippen LogP contribution in [0.1, 0.15) is 58.1 Å². The van der Waals surface area contributed by atoms with Gasteiger partial charge in [-0.15, -0.1) is 0 Å². The van der Waals surface area contributed by atoms with E-state index in [0.29, 0.717) is 11.4 Å². The molecule has 0 aromatic heterocycles. The van der Waals surface area contributed by atoms with Gasteiger partial charge in [0.25, 0.3) is 0 Å². The zero-order valence-electron chi connectivity index (χ0n) is 31.3. The first-order valence-corrected chi connectivity index (χ1v) is 17.7. The number of alkyl halides is 1. The van der Waals surface area contributed by atoms with E-state index in [1.165, 1.54) is 24.0 Å². The van der Waals surface area contributed by atoms with Crippen molar-refractivity contribution in [3.63, 3.8) is 0 Å². The van der Waals surface area contributed by atoms with Gasteiger partial charge in [0, 0.05) is 51.3 Å². The number of halogens is 2. The van der Waals surface area contributed by atoms with Gasteiger partial charge >= 0.3 is 5.97 Å². The highest BCUT2D eigenvalue weighted by Crippen LogP contribution is 2.20. The predicted molar refractivity (Wildman–Crippen MR) is 198 cm³/mol. The van der Waals surface area contributed by atoms with Crippen LogP contribution in [-0.2, 0) is 46.3 Å². The van der Waals surface area contributed by atoms with E-state index in [1.54, 1.807) is 59.0 Å². The summed E-state index contributed by atoms with van der Waals surface area (Å²) in [6.45, 7) is 6.24. The number of nitrogens with one attached hydrogen (secondary N) is 2. The summed E-state index contributed by atoms with van der Waals surface area (Å²) in [5.74, 6) is -3.02. The Labute approximate surface area is 311 Å². The molecule has 0 aliphatic carbocycles. The molecule has 288 valence electrons. The van der Waals surface area contributed by atoms with E-state index in [2.05, 4.69) is 10.6 Å². The van der Waals surface area contributed by atoms with Crippen LogP contribution in [0.15, 0.2) is 54.6 Å². The molecule has 14 heteroatoms. The van der Waals surface area contributed by atoms with E-state index in [4.69, 9.17) is 26.8 Å². The maximum atomic E-state index is 13.8. The molecule has 0 spiro atoms. The van der Waals surface area contributed by atoms with Crippen molar-refractivity contribution >= 4 is 41.2 Å². The number of ether oxygens (including phenoxy) is 2. The highest BCUT2D eigenvalue weighted by molar-refractivity contribution is 6.30. The number of amides is 4. The van der Waals surface area contributed by atoms with Crippen LogP contribution in [0.2, 0.25) is 5.02 Å². The minimum absolute atomic E-state index is 0.103. The van der Waals surface area contributed by atoms with Gasteiger partial charge in [0.15, 0.2) is 0 Å². The van der Waals surface area contributed by atoms with Crippen LogP contribution >= 0.6 is 11.6 Å². The molecule has 2 rings (SSSR count). The maximum Gasteiger partial charge on any atom is 0.307 e. The van der Waals surface area contributed by atoms with Gasteiger partial charge in [-0.1, -0.05) is 54.1 Å². The van der Waals surface area contributed by atoms with E-state index in [-0.39, 0.29) is 50.6 Å². The lowest BCUT2D eigenvalue weighted by atomic mass is 9.94. The highest BCUT2D eigenvalue weighted by atomic mass is 35.5. The molecule has 0 aliphatic rings. The summed E-state index contributed by atoms with van der Waals surface area (Å²) in [5, 5.41) is 5.95. The Bertz CT molecular complexity index is 1460. The van der Waals surface area contributed by atoms with Gasteiger partial charge in [0.05, 0.1) is 31.7 Å². The second kappa shape index (κ2) is 21.5. The Balaban J connectivity index is 2.18. The van der Waals surface area contributed by atoms with Crippen molar-refractivity contribution < 1.29 is 37.8 Å². The molecule has 52 heavy (non-hydrogen) atoms. The number of hydrogen-bond acceptors (Lipinski definition) is 8. The number of nitrogens with two attached hydrogens (primary N) is 1. The van der Waals surface area contributed by atoms with Crippen LogP contribution in [-0.4, -0.2) is 110 Å². The van der Waals surface area contributed by atoms with Crippen molar-refractivity contribution in [3.05, 3.63) is 70.7 Å². The van der Waals surface area contributed by atoms with Gasteiger partial charge in [-0.2, -0.15) is 0 Å². The van der Waals surface area contributed by atoms with Crippen LogP contribution in [0.5, 0.6) is 0 Å². The van der Waals surface area contributed by atoms with E-state index < -0.39 is 60.1 Å². The van der Waals surface area contributed by atoms with Crippen LogP contribution < -0.4 is 16.4 Å². The van der Waals surface area contributed by atoms with Crippen molar-refractivity contribution in [2.45, 2.75) is 89.6 Å². The van der Waals surface area contributed by atoms with E-state index in [0.717, 1.165) is 11.1 Å². The van der Waals surface area contributed by atoms with Crippen molar-refractivity contribution in [2.75, 3.05) is 41.0 Å². The first kappa shape index (κ1) is 44.1. The van der Waals surface area contributed by atoms with Crippen LogP contribution in [0.4, 0.5) is 4.39 Å². The van der Waals surface area contributed by atoms with Gasteiger partial charge < -0.3 is 35.6 Å². The normalized spacial score (nSPS) is 14.3. The molecule has 0 saturated carbocycles. The lowest BCUT2D eigenvalue weighted by Gasteiger charge is -2.32. The molecule has 0 aliphatic heterocycles. The van der Waals surface area contributed by atoms with Crippen LogP contribution in [0.3, 0.4) is 0 Å². The molecule has 0 bridgehead atoms. The molecular formula is C38H55ClFN5O7. The second-order valence-corrected chi connectivity index (χ2v) is 14.5. The summed E-state index contributed by atoms with van der Waals surface area (Å²) in [6.07, 6.45) is 0.196. The summed E-state index contributed by atoms with van der Waals surface area (Å²) < 4.78 is 23.5. The van der Waals surface area contributed by atoms with Gasteiger partial charge in [-0.25, -0.2) is 0 Å². The summed E-state index contributed by atoms with van der Waals surface area (Å²) in [7, 11) is 4.53. The number of rotatable bonds is 20. The molecule has 0 fully saturated rings. The number of carbonyl (C=O) groups is 5. The topological polar surface area (TPSA) is 160 Å². The Morgan fingerprint density at radius 2 is 1.52 bits per heavy atom. The van der Waals surface area contributed by atoms with Crippen molar-refractivity contribution in [1.29, 1.82) is 0 Å². The van der Waals surface area contributed by atoms with Crippen molar-refractivity contribution in [1.82, 2.24) is 20.4 Å². The molecule has 2 aromatic carbocycles. The Hall–Kier alpha value is -4.07. The lowest BCUT2D eigenvalue weighted by molar-refractivity contribution is -0.158. The van der Waals surface area contributed by atoms with Crippen molar-refractivity contribution in [3.8, 4) is 0 Å². The third-order valence-electron chi connectivity index (χ3n) is 8.52. The molecule has 4 N–H and O–H groups in total. The Kier molecular flexibility index (Phi) is 18.2. The lowest BCUT2D eigenvalue weighted by Crippen LogP contribution is -2.56. The summed E-state index contributed by atoms with van der Waals surface area (Å²) in [4.78, 5) is 69.1. The van der Waals surface area contributed by atoms with Gasteiger partial charge in [0.1, 0.15) is 11.6 Å². The summed E-state index contributed by atoms with van der Waals surface area (Å²) in [6, 6.07) is 13.0. The number of methoxy groups -OCH3 is 1. The van der Waals surface area contributed by atoms with Crippen LogP contribution in [0.25, 0.3) is 0 Å². The first-order chi connectivity index (χ1) is 24.4. The molecule has 0 radical (unpaired) electrons. The minimum atomic E-state index is -1.14. The zero-order chi connectivity index (χ0) is 39.0. The number of likely N-dealkylation sites (N-methyl/N-ethyl adjacent to an activating group) is 2. The number of benzene rings is 2. The minimum Gasteiger partial charge on any atom is -0.460 e. The van der Waals surface area contributed by atoms with Crippen LogP contribution in [0, 0.1) is 5.92 Å². The summed E-state index contributed by atoms with van der Waals surface area (Å²) >= 11 is 6.08. The second-order valence-electron chi connectivity index (χ2n) is 14.0. The molecule has 0 heterocycles. The van der Waals surface area contributed by atoms with Gasteiger partial charge in [0.2, 0.25) is 23.6 Å². The number of carbonyl (C=O) groups excluding carboxylic acids is 5. The maximum absolute atomic E-state index is 13.8. The molecule has 12 nitrogen and oxygen atoms in total. The SMILES string of the molecule is COCC(NC(=O)C(N)CCF)C(=O)N(C)C(CC(=O)NCC(C)N(C)C(=O)C(CC(=O)OC(C)(C)C)Cc1ccccc1)Cc1ccc(Cl)cc1. The van der Waals surface area contributed by atoms with Gasteiger partial charge in [-0.3, -0.25) is 28.4 Å². The third-order valence-corrected chi connectivity index (χ3v) is 8.77. The average Bonchev–Trinajstić information content (AvgIpc) is 3.09. The predicted octanol–water partition coefficient (Wildman–Crippen LogP) is 3.47. The first-order valence-electron chi connectivity index (χ1n) is 17.4. The molecule has 4 amide bonds. The molecule has 5 unspecified atom stereocenters. The van der Waals surface area contributed by atoms with E-state index in [1.807, 2.05) is 30.3 Å². The molecule has 0 saturated heterocycles. The monoisotopic (exact) mass is 747 g/mol. The number of hydrogen-bond donors (Lipinski definition) is 3. The van der Waals surface area contributed by atoms with E-state index >= 15 is 0 Å². The zero-order valence-corrected chi connectivity index (χ0v) is 32.1. The fourth-order valence-electron chi connectivity index (χ4n) is 5.45. The quantitative estimate of drug-likeness (QED) is 0.174. The number of esters is 1. The molecular weight excluding hydrogens is 693 g/mol. The van der Waals surface area contributed by atoms with Crippen molar-refractivity contribution in [2.24, 2.45) is 11.7 Å². The largest absolute Gasteiger partial charge is 0.460 e. The third kappa shape index (κ3) is 15.3. The molecule has 2 aromatic rings. The highest BCUT2D eigenvalue weighted by Gasteiger charge is 2.32. The van der Waals surface area contributed by atoms with Gasteiger partial charge in [-0.05, 0) is 70.2 Å². The average molecular weight is 748 g/mol. The molecule has 5 atom stereocenters. The Morgan fingerprint density at radius 1 is 0.904 bits per heavy atom. The standard InChI is InChI=1S/C38H55ClFN5O7/c1-25(44(5)36(49)28(19-26-11-9-8-10-12-26)21-34(47)52-38(2,3)4)23-42-33(46)22-30(20-27-13-15-29(39)16-14-27)45(6)37(50)32(24-51-7)43-35(48)31(41)17-18-40/h8-16,25,28,30-32H,17-24,41H2,1-7H3,(H,42,46)(H,43,48). The van der Waals surface area contributed by atoms with E-state index in [9.17, 15) is 28.4 Å². The fraction of sp³-hybridized carbons (Fsp3) is 0.553. The Morgan fingerprint density at radius 3 is 2.10 bits per heavy atom.